The minimum Gasteiger partial charge on any atom is -0.481 e. The van der Waals surface area contributed by atoms with Crippen molar-refractivity contribution in [1.82, 2.24) is 9.97 Å². The number of alkyl halides is 3. The van der Waals surface area contributed by atoms with Crippen molar-refractivity contribution in [2.45, 2.75) is 44.3 Å². The van der Waals surface area contributed by atoms with Crippen LogP contribution in [-0.2, 0) is 30.2 Å². The van der Waals surface area contributed by atoms with Crippen molar-refractivity contribution in [2.24, 2.45) is 0 Å². The molecular weight excluding hydrogens is 504 g/mol. The average molecular weight is 525 g/mol. The number of rotatable bonds is 8. The van der Waals surface area contributed by atoms with Crippen LogP contribution in [0.15, 0.2) is 42.6 Å². The molecule has 6 nitrogen and oxygen atoms in total. The van der Waals surface area contributed by atoms with E-state index >= 15 is 0 Å². The van der Waals surface area contributed by atoms with Crippen LogP contribution in [0.3, 0.4) is 0 Å². The first kappa shape index (κ1) is 25.1. The number of nitrogens with one attached hydrogen (secondary N) is 2. The predicted octanol–water partition coefficient (Wildman–Crippen LogP) is 6.53. The molecule has 184 valence electrons. The number of carbonyl (C=O) groups is 1. The molecule has 11 heteroatoms. The van der Waals surface area contributed by atoms with Crippen LogP contribution in [0, 0.1) is 0 Å². The Bertz CT molecular complexity index is 1250. The third kappa shape index (κ3) is 6.35. The summed E-state index contributed by atoms with van der Waals surface area (Å²) in [5.74, 6) is -1.17. The molecule has 1 aliphatic carbocycles. The van der Waals surface area contributed by atoms with Crippen molar-refractivity contribution in [1.29, 1.82) is 0 Å². The maximum Gasteiger partial charge on any atom is 0.421 e. The van der Waals surface area contributed by atoms with Crippen LogP contribution >= 0.6 is 23.2 Å². The molecule has 1 aliphatic rings. The molecule has 2 aromatic carbocycles. The molecule has 3 aromatic rings. The fourth-order valence-corrected chi connectivity index (χ4v) is 4.33. The van der Waals surface area contributed by atoms with Crippen LogP contribution < -0.4 is 10.6 Å². The predicted molar refractivity (Wildman–Crippen MR) is 129 cm³/mol. The Kier molecular flexibility index (Phi) is 7.37. The number of hydrogen-bond donors (Lipinski definition) is 3. The number of aryl methyl sites for hydroxylation is 1. The van der Waals surface area contributed by atoms with E-state index in [-0.39, 0.29) is 29.3 Å². The summed E-state index contributed by atoms with van der Waals surface area (Å²) >= 11 is 11.9. The fourth-order valence-electron chi connectivity index (χ4n) is 4.03. The minimum absolute atomic E-state index is 0.0184. The molecule has 4 rings (SSSR count). The standard InChI is InChI=1S/C24H21Cl2F3N4O2/c25-19-7-6-16(11-20(19)26)32-23-30-12-18(24(27,28)29)22(33-23)31-17-9-14-5-4-13(8-15(14)10-17)2-1-3-21(34)35/h4-8,11-12,17H,1-3,9-10H2,(H,34,35)(H2,30,31,32,33). The zero-order valence-electron chi connectivity index (χ0n) is 18.3. The van der Waals surface area contributed by atoms with E-state index in [1.54, 1.807) is 12.1 Å². The van der Waals surface area contributed by atoms with Gasteiger partial charge in [0.1, 0.15) is 11.4 Å². The number of aromatic nitrogens is 2. The van der Waals surface area contributed by atoms with Crippen molar-refractivity contribution < 1.29 is 23.1 Å². The summed E-state index contributed by atoms with van der Waals surface area (Å²) in [5, 5.41) is 15.2. The molecule has 0 aliphatic heterocycles. The molecule has 0 bridgehead atoms. The molecular formula is C24H21Cl2F3N4O2. The van der Waals surface area contributed by atoms with Gasteiger partial charge in [-0.05, 0) is 60.6 Å². The number of halogens is 5. The first-order valence-electron chi connectivity index (χ1n) is 10.8. The Morgan fingerprint density at radius 2 is 1.86 bits per heavy atom. The molecule has 0 saturated heterocycles. The second-order valence-corrected chi connectivity index (χ2v) is 9.12. The zero-order chi connectivity index (χ0) is 25.2. The number of aliphatic carboxylic acids is 1. The summed E-state index contributed by atoms with van der Waals surface area (Å²) in [7, 11) is 0. The van der Waals surface area contributed by atoms with Crippen LogP contribution in [0.25, 0.3) is 0 Å². The Hall–Kier alpha value is -3.04. The number of carboxylic acids is 1. The maximum atomic E-state index is 13.7. The summed E-state index contributed by atoms with van der Waals surface area (Å²) in [6, 6.07) is 10.3. The second-order valence-electron chi connectivity index (χ2n) is 8.31. The lowest BCUT2D eigenvalue weighted by Crippen LogP contribution is -2.23. The summed E-state index contributed by atoms with van der Waals surface area (Å²) in [6.07, 6.45) is -1.56. The van der Waals surface area contributed by atoms with Crippen LogP contribution in [-0.4, -0.2) is 27.1 Å². The van der Waals surface area contributed by atoms with E-state index in [0.717, 1.165) is 22.9 Å². The highest BCUT2D eigenvalue weighted by Gasteiger charge is 2.36. The van der Waals surface area contributed by atoms with E-state index in [2.05, 4.69) is 20.6 Å². The Balaban J connectivity index is 1.51. The molecule has 0 fully saturated rings. The molecule has 1 heterocycles. The van der Waals surface area contributed by atoms with E-state index in [9.17, 15) is 18.0 Å². The second kappa shape index (κ2) is 10.3. The summed E-state index contributed by atoms with van der Waals surface area (Å²) < 4.78 is 41.0. The lowest BCUT2D eigenvalue weighted by molar-refractivity contribution is -0.138. The summed E-state index contributed by atoms with van der Waals surface area (Å²) in [4.78, 5) is 18.7. The summed E-state index contributed by atoms with van der Waals surface area (Å²) in [5.41, 5.74) is 2.61. The van der Waals surface area contributed by atoms with E-state index in [1.807, 2.05) is 18.2 Å². The number of benzene rings is 2. The Labute approximate surface area is 209 Å². The molecule has 1 atom stereocenters. The van der Waals surface area contributed by atoms with E-state index in [1.165, 1.54) is 6.07 Å². The first-order valence-corrected chi connectivity index (χ1v) is 11.6. The van der Waals surface area contributed by atoms with Gasteiger partial charge in [0, 0.05) is 24.3 Å². The van der Waals surface area contributed by atoms with Crippen LogP contribution in [0.1, 0.15) is 35.1 Å². The largest absolute Gasteiger partial charge is 0.481 e. The smallest absolute Gasteiger partial charge is 0.421 e. The lowest BCUT2D eigenvalue weighted by atomic mass is 10.0. The van der Waals surface area contributed by atoms with E-state index in [0.29, 0.717) is 36.4 Å². The average Bonchev–Trinajstić information content (AvgIpc) is 3.17. The molecule has 0 amide bonds. The first-order chi connectivity index (χ1) is 16.6. The van der Waals surface area contributed by atoms with Gasteiger partial charge in [-0.3, -0.25) is 4.79 Å². The van der Waals surface area contributed by atoms with Gasteiger partial charge < -0.3 is 15.7 Å². The van der Waals surface area contributed by atoms with Crippen LogP contribution in [0.5, 0.6) is 0 Å². The number of anilines is 3. The highest BCUT2D eigenvalue weighted by molar-refractivity contribution is 6.42. The molecule has 0 spiro atoms. The molecule has 0 radical (unpaired) electrons. The van der Waals surface area contributed by atoms with Crippen molar-refractivity contribution in [3.05, 3.63) is 74.9 Å². The van der Waals surface area contributed by atoms with Gasteiger partial charge in [0.05, 0.1) is 10.0 Å². The van der Waals surface area contributed by atoms with Crippen LogP contribution in [0.2, 0.25) is 10.0 Å². The monoisotopic (exact) mass is 524 g/mol. The van der Waals surface area contributed by atoms with E-state index in [4.69, 9.17) is 28.3 Å². The third-order valence-corrected chi connectivity index (χ3v) is 6.41. The topological polar surface area (TPSA) is 87.1 Å². The van der Waals surface area contributed by atoms with Crippen molar-refractivity contribution in [2.75, 3.05) is 10.6 Å². The van der Waals surface area contributed by atoms with Gasteiger partial charge in [0.2, 0.25) is 5.95 Å². The van der Waals surface area contributed by atoms with Crippen molar-refractivity contribution in [3.8, 4) is 0 Å². The Morgan fingerprint density at radius 3 is 2.57 bits per heavy atom. The number of hydrogen-bond acceptors (Lipinski definition) is 5. The quantitative estimate of drug-likeness (QED) is 0.310. The SMILES string of the molecule is O=C(O)CCCc1ccc2c(c1)CC(Nc1nc(Nc3ccc(Cl)c(Cl)c3)ncc1C(F)(F)F)C2. The third-order valence-electron chi connectivity index (χ3n) is 5.67. The molecule has 1 aromatic heterocycles. The van der Waals surface area contributed by atoms with Gasteiger partial charge in [-0.15, -0.1) is 0 Å². The van der Waals surface area contributed by atoms with Gasteiger partial charge in [-0.1, -0.05) is 41.4 Å². The summed E-state index contributed by atoms with van der Waals surface area (Å²) in [6.45, 7) is 0. The highest BCUT2D eigenvalue weighted by Crippen LogP contribution is 2.36. The molecule has 35 heavy (non-hydrogen) atoms. The van der Waals surface area contributed by atoms with Gasteiger partial charge in [-0.25, -0.2) is 4.98 Å². The molecule has 0 saturated carbocycles. The van der Waals surface area contributed by atoms with Gasteiger partial charge in [0.25, 0.3) is 0 Å². The maximum absolute atomic E-state index is 13.7. The number of nitrogens with zero attached hydrogens (tertiary/aromatic N) is 2. The zero-order valence-corrected chi connectivity index (χ0v) is 19.8. The normalized spacial score (nSPS) is 15.1. The molecule has 1 unspecified atom stereocenters. The van der Waals surface area contributed by atoms with Crippen molar-refractivity contribution in [3.63, 3.8) is 0 Å². The fraction of sp³-hybridized carbons (Fsp3) is 0.292. The van der Waals surface area contributed by atoms with Gasteiger partial charge >= 0.3 is 12.1 Å². The molecule has 3 N–H and O–H groups in total. The van der Waals surface area contributed by atoms with Crippen LogP contribution in [0.4, 0.5) is 30.6 Å². The minimum atomic E-state index is -4.63. The number of fused-ring (bicyclic) bond motifs is 1. The number of carboxylic acid groups (broad SMARTS) is 1. The highest BCUT2D eigenvalue weighted by atomic mass is 35.5. The van der Waals surface area contributed by atoms with Gasteiger partial charge in [-0.2, -0.15) is 18.2 Å². The Morgan fingerprint density at radius 1 is 1.09 bits per heavy atom. The van der Waals surface area contributed by atoms with Gasteiger partial charge in [0.15, 0.2) is 0 Å². The van der Waals surface area contributed by atoms with E-state index < -0.39 is 17.7 Å². The lowest BCUT2D eigenvalue weighted by Gasteiger charge is -2.18. The van der Waals surface area contributed by atoms with Crippen molar-refractivity contribution >= 4 is 46.6 Å².